The maximum absolute atomic E-state index is 12.0. The number of hydrogen-bond donors (Lipinski definition) is 0. The smallest absolute Gasteiger partial charge is 0.166 e. The highest BCUT2D eigenvalue weighted by atomic mass is 32.2. The molecule has 2 aromatic rings. The summed E-state index contributed by atoms with van der Waals surface area (Å²) in [5, 5.41) is 4.37. The first kappa shape index (κ1) is 12.1. The molecule has 0 aliphatic carbocycles. The molecule has 2 aliphatic heterocycles. The second-order valence-electron chi connectivity index (χ2n) is 5.42. The first-order chi connectivity index (χ1) is 9.81. The molecule has 3 unspecified atom stereocenters. The third-order valence-corrected chi connectivity index (χ3v) is 6.24. The molecule has 1 fully saturated rings. The fourth-order valence-corrected chi connectivity index (χ4v) is 5.00. The van der Waals surface area contributed by atoms with Crippen molar-refractivity contribution in [2.45, 2.75) is 29.8 Å². The monoisotopic (exact) mass is 285 g/mol. The van der Waals surface area contributed by atoms with Gasteiger partial charge >= 0.3 is 0 Å². The molecule has 0 radical (unpaired) electrons. The van der Waals surface area contributed by atoms with Gasteiger partial charge in [-0.05, 0) is 30.4 Å². The molecule has 0 saturated carbocycles. The Hall–Kier alpha value is -1.68. The fraction of sp³-hybridized carbons (Fsp3) is 0.312. The van der Waals surface area contributed by atoms with Crippen LogP contribution in [0.25, 0.3) is 16.9 Å². The average Bonchev–Trinajstić information content (AvgIpc) is 3.06. The number of fused-ring (bicyclic) bond motifs is 2. The normalized spacial score (nSPS) is 28.4. The highest BCUT2D eigenvalue weighted by Gasteiger charge is 2.36. The second kappa shape index (κ2) is 4.70. The molecule has 2 aliphatic rings. The number of allylic oxidation sites excluding steroid dienone is 1. The standard InChI is InChI=1S/C16H15NO2S/c18-20-14-5-6-15(20)10-13(9-14)11-1-3-12(4-2-11)16-7-8-17-19-16/h1-4,7-9,14-15H,5-6,10H2. The summed E-state index contributed by atoms with van der Waals surface area (Å²) in [5.74, 6) is 0.787. The molecule has 0 spiro atoms. The maximum atomic E-state index is 12.0. The lowest BCUT2D eigenvalue weighted by Crippen LogP contribution is -2.19. The molecule has 4 heteroatoms. The predicted octanol–water partition coefficient (Wildman–Crippen LogP) is 3.41. The van der Waals surface area contributed by atoms with E-state index < -0.39 is 10.8 Å². The summed E-state index contributed by atoms with van der Waals surface area (Å²) < 4.78 is 17.2. The van der Waals surface area contributed by atoms with Crippen molar-refractivity contribution in [2.75, 3.05) is 0 Å². The van der Waals surface area contributed by atoms with Crippen molar-refractivity contribution >= 4 is 16.4 Å². The van der Waals surface area contributed by atoms with Gasteiger partial charge in [0.15, 0.2) is 5.76 Å². The zero-order valence-corrected chi connectivity index (χ0v) is 11.8. The summed E-state index contributed by atoms with van der Waals surface area (Å²) in [6.45, 7) is 0. The van der Waals surface area contributed by atoms with Gasteiger partial charge in [0.25, 0.3) is 0 Å². The molecular formula is C16H15NO2S. The van der Waals surface area contributed by atoms with Crippen molar-refractivity contribution in [2.24, 2.45) is 0 Å². The van der Waals surface area contributed by atoms with E-state index in [-0.39, 0.29) is 5.25 Å². The third kappa shape index (κ3) is 1.95. The van der Waals surface area contributed by atoms with E-state index in [1.165, 1.54) is 11.1 Å². The number of rotatable bonds is 2. The van der Waals surface area contributed by atoms with Crippen molar-refractivity contribution < 1.29 is 8.73 Å². The van der Waals surface area contributed by atoms with Crippen LogP contribution in [0.1, 0.15) is 24.8 Å². The summed E-state index contributed by atoms with van der Waals surface area (Å²) in [4.78, 5) is 0. The van der Waals surface area contributed by atoms with Crippen molar-refractivity contribution in [3.05, 3.63) is 48.2 Å². The lowest BCUT2D eigenvalue weighted by molar-refractivity contribution is 0.432. The lowest BCUT2D eigenvalue weighted by Gasteiger charge is -2.19. The lowest BCUT2D eigenvalue weighted by atomic mass is 9.99. The Morgan fingerprint density at radius 2 is 1.90 bits per heavy atom. The van der Waals surface area contributed by atoms with Gasteiger partial charge in [-0.25, -0.2) is 0 Å². The van der Waals surface area contributed by atoms with Crippen LogP contribution < -0.4 is 0 Å². The van der Waals surface area contributed by atoms with E-state index in [2.05, 4.69) is 35.5 Å². The van der Waals surface area contributed by atoms with E-state index in [1.54, 1.807) is 6.20 Å². The van der Waals surface area contributed by atoms with Gasteiger partial charge in [0.2, 0.25) is 0 Å². The van der Waals surface area contributed by atoms with Gasteiger partial charge in [-0.1, -0.05) is 35.5 Å². The van der Waals surface area contributed by atoms with E-state index in [9.17, 15) is 4.21 Å². The molecule has 1 aromatic carbocycles. The molecule has 4 rings (SSSR count). The van der Waals surface area contributed by atoms with Crippen LogP contribution in [0.5, 0.6) is 0 Å². The van der Waals surface area contributed by atoms with Crippen LogP contribution in [0.3, 0.4) is 0 Å². The second-order valence-corrected chi connectivity index (χ2v) is 7.35. The molecule has 3 heterocycles. The molecule has 0 amide bonds. The third-order valence-electron chi connectivity index (χ3n) is 4.21. The molecule has 3 atom stereocenters. The highest BCUT2D eigenvalue weighted by molar-refractivity contribution is 7.86. The van der Waals surface area contributed by atoms with Gasteiger partial charge in [0, 0.05) is 27.7 Å². The molecule has 20 heavy (non-hydrogen) atoms. The van der Waals surface area contributed by atoms with Crippen LogP contribution in [-0.4, -0.2) is 19.9 Å². The van der Waals surface area contributed by atoms with Crippen LogP contribution in [0.4, 0.5) is 0 Å². The van der Waals surface area contributed by atoms with Gasteiger partial charge < -0.3 is 4.52 Å². The summed E-state index contributed by atoms with van der Waals surface area (Å²) in [6, 6.07) is 10.2. The van der Waals surface area contributed by atoms with E-state index in [0.29, 0.717) is 5.25 Å². The van der Waals surface area contributed by atoms with Gasteiger partial charge in [0.1, 0.15) is 0 Å². The van der Waals surface area contributed by atoms with Crippen molar-refractivity contribution in [1.29, 1.82) is 0 Å². The topological polar surface area (TPSA) is 43.1 Å². The van der Waals surface area contributed by atoms with Crippen LogP contribution in [-0.2, 0) is 10.8 Å². The highest BCUT2D eigenvalue weighted by Crippen LogP contribution is 2.38. The van der Waals surface area contributed by atoms with Crippen molar-refractivity contribution in [3.8, 4) is 11.3 Å². The molecular weight excluding hydrogens is 270 g/mol. The molecule has 1 saturated heterocycles. The molecule has 1 aromatic heterocycles. The minimum Gasteiger partial charge on any atom is -0.356 e. The minimum absolute atomic E-state index is 0.276. The zero-order valence-electron chi connectivity index (χ0n) is 11.0. The van der Waals surface area contributed by atoms with E-state index in [1.807, 2.05) is 6.07 Å². The Labute approximate surface area is 120 Å². The average molecular weight is 285 g/mol. The summed E-state index contributed by atoms with van der Waals surface area (Å²) >= 11 is 0. The number of benzene rings is 1. The molecule has 102 valence electrons. The van der Waals surface area contributed by atoms with E-state index >= 15 is 0 Å². The van der Waals surface area contributed by atoms with Crippen LogP contribution in [0.15, 0.2) is 47.1 Å². The van der Waals surface area contributed by atoms with Gasteiger partial charge in [-0.2, -0.15) is 0 Å². The fourth-order valence-electron chi connectivity index (χ4n) is 3.13. The van der Waals surface area contributed by atoms with Gasteiger partial charge in [-0.3, -0.25) is 4.21 Å². The Bertz CT molecular complexity index is 673. The quantitative estimate of drug-likeness (QED) is 0.849. The molecule has 2 bridgehead atoms. The van der Waals surface area contributed by atoms with Gasteiger partial charge in [-0.15, -0.1) is 0 Å². The summed E-state index contributed by atoms with van der Waals surface area (Å²) in [5.41, 5.74) is 3.62. The van der Waals surface area contributed by atoms with E-state index in [4.69, 9.17) is 4.52 Å². The number of aromatic nitrogens is 1. The SMILES string of the molecule is O=S1C2C=C(c3ccc(-c4ccno4)cc3)CC1CC2. The first-order valence-corrected chi connectivity index (χ1v) is 8.20. The zero-order chi connectivity index (χ0) is 13.5. The van der Waals surface area contributed by atoms with Crippen molar-refractivity contribution in [1.82, 2.24) is 5.16 Å². The van der Waals surface area contributed by atoms with Crippen LogP contribution >= 0.6 is 0 Å². The van der Waals surface area contributed by atoms with Crippen molar-refractivity contribution in [3.63, 3.8) is 0 Å². The largest absolute Gasteiger partial charge is 0.356 e. The first-order valence-electron chi connectivity index (χ1n) is 6.93. The molecule has 0 N–H and O–H groups in total. The number of hydrogen-bond acceptors (Lipinski definition) is 3. The number of nitrogens with zero attached hydrogens (tertiary/aromatic N) is 1. The Balaban J connectivity index is 1.64. The minimum atomic E-state index is -0.641. The summed E-state index contributed by atoms with van der Waals surface area (Å²) in [6.07, 6.45) is 7.01. The maximum Gasteiger partial charge on any atom is 0.166 e. The van der Waals surface area contributed by atoms with Crippen LogP contribution in [0.2, 0.25) is 0 Å². The Morgan fingerprint density at radius 3 is 2.60 bits per heavy atom. The summed E-state index contributed by atoms with van der Waals surface area (Å²) in [7, 11) is -0.641. The molecule has 3 nitrogen and oxygen atoms in total. The predicted molar refractivity (Wildman–Crippen MR) is 79.5 cm³/mol. The van der Waals surface area contributed by atoms with E-state index in [0.717, 1.165) is 30.6 Å². The Morgan fingerprint density at radius 1 is 1.10 bits per heavy atom. The van der Waals surface area contributed by atoms with Crippen LogP contribution in [0, 0.1) is 0 Å². The van der Waals surface area contributed by atoms with Gasteiger partial charge in [0.05, 0.1) is 11.4 Å². The Kier molecular flexibility index (Phi) is 2.84.